The van der Waals surface area contributed by atoms with Crippen molar-refractivity contribution in [1.29, 1.82) is 0 Å². The van der Waals surface area contributed by atoms with E-state index in [0.29, 0.717) is 35.2 Å². The number of hydrogen-bond donors (Lipinski definition) is 1. The van der Waals surface area contributed by atoms with Gasteiger partial charge in [-0.1, -0.05) is 17.8 Å². The van der Waals surface area contributed by atoms with Gasteiger partial charge in [-0.25, -0.2) is 19.2 Å². The Bertz CT molecular complexity index is 1120. The number of carbonyl (C=O) groups excluding carboxylic acids is 1. The normalized spacial score (nSPS) is 15.1. The predicted octanol–water partition coefficient (Wildman–Crippen LogP) is 4.77. The van der Waals surface area contributed by atoms with E-state index in [1.165, 1.54) is 17.8 Å². The molecule has 3 heterocycles. The number of thioether (sulfide) groups is 1. The molecular formula is C22H24FN5O2S. The summed E-state index contributed by atoms with van der Waals surface area (Å²) in [4.78, 5) is 27.8. The zero-order chi connectivity index (χ0) is 22.3. The number of hydrogen-bond acceptors (Lipinski definition) is 7. The number of aliphatic imine (C=N–C) groups is 1. The average molecular weight is 442 g/mol. The lowest BCUT2D eigenvalue weighted by atomic mass is 9.94. The first-order chi connectivity index (χ1) is 14.7. The van der Waals surface area contributed by atoms with Crippen LogP contribution in [0.2, 0.25) is 0 Å². The third-order valence-electron chi connectivity index (χ3n) is 4.85. The number of halogens is 1. The Hall–Kier alpha value is -2.94. The van der Waals surface area contributed by atoms with Crippen molar-refractivity contribution in [2.45, 2.75) is 38.5 Å². The van der Waals surface area contributed by atoms with Crippen molar-refractivity contribution in [1.82, 2.24) is 9.97 Å². The zero-order valence-electron chi connectivity index (χ0n) is 18.1. The molecule has 0 bridgehead atoms. The number of aryl methyl sites for hydroxylation is 1. The fourth-order valence-electron chi connectivity index (χ4n) is 3.58. The van der Waals surface area contributed by atoms with Crippen LogP contribution in [0, 0.1) is 12.7 Å². The summed E-state index contributed by atoms with van der Waals surface area (Å²) in [6.45, 7) is 8.36. The molecule has 1 N–H and O–H groups in total. The molecule has 2 aliphatic heterocycles. The molecular weight excluding hydrogens is 417 g/mol. The highest BCUT2D eigenvalue weighted by Crippen LogP contribution is 2.38. The van der Waals surface area contributed by atoms with Gasteiger partial charge >= 0.3 is 6.09 Å². The van der Waals surface area contributed by atoms with Crippen LogP contribution in [0.1, 0.15) is 37.5 Å². The number of anilines is 2. The summed E-state index contributed by atoms with van der Waals surface area (Å²) in [5.74, 6) is 0.923. The number of nitrogens with one attached hydrogen (secondary N) is 1. The van der Waals surface area contributed by atoms with Crippen LogP contribution in [0.25, 0.3) is 11.6 Å². The van der Waals surface area contributed by atoms with Crippen LogP contribution in [0.3, 0.4) is 0 Å². The van der Waals surface area contributed by atoms with Crippen molar-refractivity contribution < 1.29 is 13.9 Å². The molecule has 0 spiro atoms. The maximum atomic E-state index is 15.6. The van der Waals surface area contributed by atoms with Crippen LogP contribution in [0.4, 0.5) is 20.7 Å². The number of rotatable bonds is 3. The SMILES string of the molecule is CSc1ncc2c(n1)N1CCN=C1C(c1c(C)ccc(NC(=O)OC(C)(C)C)c1F)=C2. The molecule has 4 rings (SSSR count). The van der Waals surface area contributed by atoms with Crippen LogP contribution in [-0.2, 0) is 4.74 Å². The fourth-order valence-corrected chi connectivity index (χ4v) is 3.92. The Labute approximate surface area is 184 Å². The van der Waals surface area contributed by atoms with Gasteiger partial charge in [-0.2, -0.15) is 0 Å². The van der Waals surface area contributed by atoms with Gasteiger partial charge in [0.05, 0.1) is 12.2 Å². The van der Waals surface area contributed by atoms with Crippen LogP contribution < -0.4 is 10.2 Å². The van der Waals surface area contributed by atoms with E-state index >= 15 is 4.39 Å². The van der Waals surface area contributed by atoms with E-state index < -0.39 is 17.5 Å². The maximum absolute atomic E-state index is 15.6. The smallest absolute Gasteiger partial charge is 0.412 e. The molecule has 31 heavy (non-hydrogen) atoms. The molecule has 0 aliphatic carbocycles. The topological polar surface area (TPSA) is 79.7 Å². The molecule has 2 aliphatic rings. The number of fused-ring (bicyclic) bond motifs is 3. The largest absolute Gasteiger partial charge is 0.444 e. The fraction of sp³-hybridized carbons (Fsp3) is 0.364. The van der Waals surface area contributed by atoms with E-state index in [9.17, 15) is 4.79 Å². The van der Waals surface area contributed by atoms with E-state index in [4.69, 9.17) is 4.74 Å². The van der Waals surface area contributed by atoms with Gasteiger partial charge in [-0.15, -0.1) is 0 Å². The van der Waals surface area contributed by atoms with Gasteiger partial charge in [0.15, 0.2) is 11.0 Å². The number of nitrogens with zero attached hydrogens (tertiary/aromatic N) is 4. The third kappa shape index (κ3) is 4.14. The molecule has 162 valence electrons. The molecule has 1 aromatic carbocycles. The van der Waals surface area contributed by atoms with E-state index in [1.807, 2.05) is 24.2 Å². The molecule has 1 amide bonds. The Kier molecular flexibility index (Phi) is 5.47. The minimum Gasteiger partial charge on any atom is -0.444 e. The monoisotopic (exact) mass is 441 g/mol. The highest BCUT2D eigenvalue weighted by molar-refractivity contribution is 7.98. The van der Waals surface area contributed by atoms with Crippen LogP contribution in [0.15, 0.2) is 28.5 Å². The van der Waals surface area contributed by atoms with Gasteiger partial charge in [0.25, 0.3) is 0 Å². The summed E-state index contributed by atoms with van der Waals surface area (Å²) in [5.41, 5.74) is 1.95. The number of aromatic nitrogens is 2. The molecule has 0 atom stereocenters. The van der Waals surface area contributed by atoms with E-state index in [0.717, 1.165) is 16.9 Å². The summed E-state index contributed by atoms with van der Waals surface area (Å²) in [5, 5.41) is 3.20. The van der Waals surface area contributed by atoms with Crippen molar-refractivity contribution >= 4 is 46.8 Å². The number of amidine groups is 1. The number of ether oxygens (including phenoxy) is 1. The Morgan fingerprint density at radius 3 is 2.81 bits per heavy atom. The van der Waals surface area contributed by atoms with Crippen molar-refractivity contribution in [2.75, 3.05) is 29.6 Å². The third-order valence-corrected chi connectivity index (χ3v) is 5.41. The highest BCUT2D eigenvalue weighted by atomic mass is 32.2. The maximum Gasteiger partial charge on any atom is 0.412 e. The second-order valence-corrected chi connectivity index (χ2v) is 9.07. The zero-order valence-corrected chi connectivity index (χ0v) is 18.9. The molecule has 7 nitrogen and oxygen atoms in total. The summed E-state index contributed by atoms with van der Waals surface area (Å²) >= 11 is 1.47. The molecule has 0 radical (unpaired) electrons. The van der Waals surface area contributed by atoms with E-state index in [2.05, 4.69) is 20.3 Å². The summed E-state index contributed by atoms with van der Waals surface area (Å²) < 4.78 is 20.9. The Morgan fingerprint density at radius 2 is 2.10 bits per heavy atom. The van der Waals surface area contributed by atoms with Crippen LogP contribution in [0.5, 0.6) is 0 Å². The first kappa shape index (κ1) is 21.3. The molecule has 0 saturated heterocycles. The minimum atomic E-state index is -0.706. The van der Waals surface area contributed by atoms with Crippen molar-refractivity contribution in [3.05, 3.63) is 40.8 Å². The average Bonchev–Trinajstić information content (AvgIpc) is 3.19. The van der Waals surface area contributed by atoms with Gasteiger partial charge in [0.2, 0.25) is 0 Å². The van der Waals surface area contributed by atoms with E-state index in [-0.39, 0.29) is 5.69 Å². The lowest BCUT2D eigenvalue weighted by Gasteiger charge is -2.28. The van der Waals surface area contributed by atoms with Gasteiger partial charge in [-0.05, 0) is 51.7 Å². The van der Waals surface area contributed by atoms with E-state index in [1.54, 1.807) is 33.0 Å². The van der Waals surface area contributed by atoms with Gasteiger partial charge < -0.3 is 9.64 Å². The quantitative estimate of drug-likeness (QED) is 0.546. The first-order valence-electron chi connectivity index (χ1n) is 9.92. The Morgan fingerprint density at radius 1 is 1.32 bits per heavy atom. The summed E-state index contributed by atoms with van der Waals surface area (Å²) in [7, 11) is 0. The Balaban J connectivity index is 1.78. The second kappa shape index (κ2) is 7.96. The minimum absolute atomic E-state index is 0.0562. The van der Waals surface area contributed by atoms with Crippen molar-refractivity contribution in [3.63, 3.8) is 0 Å². The number of amides is 1. The second-order valence-electron chi connectivity index (χ2n) is 8.30. The van der Waals surface area contributed by atoms with Gasteiger partial charge in [-0.3, -0.25) is 10.3 Å². The first-order valence-corrected chi connectivity index (χ1v) is 11.1. The van der Waals surface area contributed by atoms with Crippen LogP contribution >= 0.6 is 11.8 Å². The molecule has 0 fully saturated rings. The molecule has 9 heteroatoms. The molecule has 0 unspecified atom stereocenters. The molecule has 0 saturated carbocycles. The predicted molar refractivity (Wildman–Crippen MR) is 122 cm³/mol. The van der Waals surface area contributed by atoms with Gasteiger partial charge in [0.1, 0.15) is 17.3 Å². The molecule has 2 aromatic rings. The number of carbonyl (C=O) groups is 1. The lowest BCUT2D eigenvalue weighted by molar-refractivity contribution is 0.0635. The van der Waals surface area contributed by atoms with Crippen molar-refractivity contribution in [3.8, 4) is 0 Å². The number of benzene rings is 1. The van der Waals surface area contributed by atoms with Gasteiger partial charge in [0, 0.05) is 29.4 Å². The highest BCUT2D eigenvalue weighted by Gasteiger charge is 2.33. The molecule has 1 aromatic heterocycles. The summed E-state index contributed by atoms with van der Waals surface area (Å²) in [6.07, 6.45) is 4.83. The van der Waals surface area contributed by atoms with Crippen molar-refractivity contribution in [2.24, 2.45) is 4.99 Å². The standard InChI is InChI=1S/C22H24FN5O2S/c1-12-6-7-15(26-21(29)30-22(2,3)4)17(23)16(12)14-10-13-11-25-20(31-5)27-18(13)28-9-8-24-19(14)28/h6-7,10-11H,8-9H2,1-5H3,(H,26,29). The van der Waals surface area contributed by atoms with Crippen LogP contribution in [-0.4, -0.2) is 46.8 Å². The summed E-state index contributed by atoms with van der Waals surface area (Å²) in [6, 6.07) is 3.31. The lowest BCUT2D eigenvalue weighted by Crippen LogP contribution is -2.33.